The largest absolute Gasteiger partial charge is 0.0616 e. The van der Waals surface area contributed by atoms with Crippen molar-refractivity contribution in [2.75, 3.05) is 0 Å². The summed E-state index contributed by atoms with van der Waals surface area (Å²) in [5, 5.41) is 2.65. The minimum Gasteiger partial charge on any atom is -0.0616 e. The van der Waals surface area contributed by atoms with E-state index in [9.17, 15) is 0 Å². The average molecular weight is 215 g/mol. The molecule has 4 rings (SSSR count). The standard InChI is InChI=1S/C17H11/c1-2-6-13-11-17-15(9-12(13)5-1)10-14-7-3-4-8-16(14)17/h1-6,8-9,11H,10H2. The Hall–Kier alpha value is -2.08. The maximum Gasteiger partial charge on any atom is -0.000706 e. The van der Waals surface area contributed by atoms with Crippen molar-refractivity contribution in [3.05, 3.63) is 71.8 Å². The van der Waals surface area contributed by atoms with Crippen molar-refractivity contribution < 1.29 is 0 Å². The highest BCUT2D eigenvalue weighted by Gasteiger charge is 2.18. The summed E-state index contributed by atoms with van der Waals surface area (Å²) in [6.07, 6.45) is 1.02. The first kappa shape index (κ1) is 9.00. The predicted octanol–water partition coefficient (Wildman–Crippen LogP) is 4.21. The van der Waals surface area contributed by atoms with E-state index in [4.69, 9.17) is 0 Å². The first-order valence-electron chi connectivity index (χ1n) is 5.93. The second kappa shape index (κ2) is 3.21. The third-order valence-corrected chi connectivity index (χ3v) is 3.57. The van der Waals surface area contributed by atoms with Crippen molar-refractivity contribution in [2.24, 2.45) is 0 Å². The molecule has 79 valence electrons. The lowest BCUT2D eigenvalue weighted by Crippen LogP contribution is -1.81. The van der Waals surface area contributed by atoms with E-state index in [1.54, 1.807) is 0 Å². The molecule has 1 radical (unpaired) electrons. The number of rotatable bonds is 0. The highest BCUT2D eigenvalue weighted by Crippen LogP contribution is 2.38. The molecule has 0 nitrogen and oxygen atoms in total. The first-order valence-corrected chi connectivity index (χ1v) is 5.93. The van der Waals surface area contributed by atoms with Gasteiger partial charge in [0.1, 0.15) is 0 Å². The molecule has 0 spiro atoms. The Kier molecular flexibility index (Phi) is 1.70. The third-order valence-electron chi connectivity index (χ3n) is 3.57. The lowest BCUT2D eigenvalue weighted by molar-refractivity contribution is 1.26. The quantitative estimate of drug-likeness (QED) is 0.412. The van der Waals surface area contributed by atoms with Gasteiger partial charge in [0, 0.05) is 0 Å². The Morgan fingerprint density at radius 1 is 0.824 bits per heavy atom. The van der Waals surface area contributed by atoms with Crippen molar-refractivity contribution in [3.8, 4) is 11.1 Å². The molecule has 17 heavy (non-hydrogen) atoms. The molecule has 0 aromatic heterocycles. The lowest BCUT2D eigenvalue weighted by Gasteiger charge is -2.03. The molecule has 0 unspecified atom stereocenters. The Morgan fingerprint density at radius 2 is 1.65 bits per heavy atom. The molecule has 0 bridgehead atoms. The molecular formula is C17H11. The number of benzene rings is 3. The molecule has 0 atom stereocenters. The van der Waals surface area contributed by atoms with E-state index in [-0.39, 0.29) is 0 Å². The lowest BCUT2D eigenvalue weighted by atomic mass is 10.0. The smallest absolute Gasteiger partial charge is 0.000706 e. The maximum atomic E-state index is 3.35. The second-order valence-electron chi connectivity index (χ2n) is 4.60. The van der Waals surface area contributed by atoms with E-state index in [1.807, 2.05) is 6.07 Å². The minimum absolute atomic E-state index is 1.02. The molecule has 0 amide bonds. The molecule has 1 aliphatic carbocycles. The molecule has 3 aromatic carbocycles. The maximum absolute atomic E-state index is 3.35. The fourth-order valence-corrected chi connectivity index (χ4v) is 2.74. The summed E-state index contributed by atoms with van der Waals surface area (Å²) in [7, 11) is 0. The van der Waals surface area contributed by atoms with Crippen LogP contribution in [0.3, 0.4) is 0 Å². The van der Waals surface area contributed by atoms with Crippen LogP contribution in [-0.4, -0.2) is 0 Å². The normalized spacial score (nSPS) is 12.5. The zero-order valence-corrected chi connectivity index (χ0v) is 9.40. The highest BCUT2D eigenvalue weighted by molar-refractivity contribution is 5.91. The molecular weight excluding hydrogens is 204 g/mol. The van der Waals surface area contributed by atoms with Gasteiger partial charge in [0.05, 0.1) is 0 Å². The van der Waals surface area contributed by atoms with Gasteiger partial charge in [-0.15, -0.1) is 0 Å². The summed E-state index contributed by atoms with van der Waals surface area (Å²) in [6, 6.07) is 22.8. The van der Waals surface area contributed by atoms with Gasteiger partial charge in [0.15, 0.2) is 0 Å². The fraction of sp³-hybridized carbons (Fsp3) is 0.0588. The van der Waals surface area contributed by atoms with Gasteiger partial charge in [-0.2, -0.15) is 0 Å². The van der Waals surface area contributed by atoms with Crippen LogP contribution >= 0.6 is 0 Å². The summed E-state index contributed by atoms with van der Waals surface area (Å²) in [5.74, 6) is 0. The van der Waals surface area contributed by atoms with Crippen LogP contribution in [0.25, 0.3) is 21.9 Å². The zero-order chi connectivity index (χ0) is 11.2. The number of fused-ring (bicyclic) bond motifs is 4. The van der Waals surface area contributed by atoms with Crippen molar-refractivity contribution in [1.82, 2.24) is 0 Å². The Balaban J connectivity index is 2.07. The molecule has 0 N–H and O–H groups in total. The third kappa shape index (κ3) is 1.24. The van der Waals surface area contributed by atoms with Crippen LogP contribution in [0.4, 0.5) is 0 Å². The van der Waals surface area contributed by atoms with E-state index >= 15 is 0 Å². The first-order chi connectivity index (χ1) is 8.42. The molecule has 3 aromatic rings. The van der Waals surface area contributed by atoms with Gasteiger partial charge in [-0.1, -0.05) is 48.5 Å². The van der Waals surface area contributed by atoms with Crippen LogP contribution in [0.2, 0.25) is 0 Å². The Morgan fingerprint density at radius 3 is 2.53 bits per heavy atom. The SMILES string of the molecule is [c]1cccc2c1Cc1cc3ccccc3cc1-2. The van der Waals surface area contributed by atoms with E-state index in [2.05, 4.69) is 54.6 Å². The summed E-state index contributed by atoms with van der Waals surface area (Å²) in [5.41, 5.74) is 5.50. The van der Waals surface area contributed by atoms with E-state index in [0.717, 1.165) is 6.42 Å². The van der Waals surface area contributed by atoms with Crippen LogP contribution in [0.15, 0.2) is 54.6 Å². The summed E-state index contributed by atoms with van der Waals surface area (Å²) in [6.45, 7) is 0. The molecule has 0 saturated carbocycles. The topological polar surface area (TPSA) is 0 Å². The predicted molar refractivity (Wildman–Crippen MR) is 71.0 cm³/mol. The summed E-state index contributed by atoms with van der Waals surface area (Å²) < 4.78 is 0. The van der Waals surface area contributed by atoms with Gasteiger partial charge in [0.25, 0.3) is 0 Å². The van der Waals surface area contributed by atoms with Crippen LogP contribution < -0.4 is 0 Å². The molecule has 0 aliphatic heterocycles. The molecule has 0 fully saturated rings. The van der Waals surface area contributed by atoms with Gasteiger partial charge in [-0.3, -0.25) is 0 Å². The monoisotopic (exact) mass is 215 g/mol. The number of hydrogen-bond acceptors (Lipinski definition) is 0. The average Bonchev–Trinajstić information content (AvgIpc) is 2.73. The zero-order valence-electron chi connectivity index (χ0n) is 9.40. The Labute approximate surface area is 101 Å². The van der Waals surface area contributed by atoms with Crippen LogP contribution in [-0.2, 0) is 6.42 Å². The van der Waals surface area contributed by atoms with Crippen molar-refractivity contribution in [2.45, 2.75) is 6.42 Å². The molecule has 1 aliphatic rings. The minimum atomic E-state index is 1.02. The van der Waals surface area contributed by atoms with Crippen molar-refractivity contribution in [3.63, 3.8) is 0 Å². The Bertz CT molecular complexity index is 723. The van der Waals surface area contributed by atoms with Gasteiger partial charge < -0.3 is 0 Å². The van der Waals surface area contributed by atoms with Crippen LogP contribution in [0.1, 0.15) is 11.1 Å². The van der Waals surface area contributed by atoms with Gasteiger partial charge in [-0.25, -0.2) is 0 Å². The molecule has 0 heterocycles. The summed E-state index contributed by atoms with van der Waals surface area (Å²) >= 11 is 0. The second-order valence-corrected chi connectivity index (χ2v) is 4.60. The summed E-state index contributed by atoms with van der Waals surface area (Å²) in [4.78, 5) is 0. The van der Waals surface area contributed by atoms with E-state index in [1.165, 1.54) is 33.0 Å². The highest BCUT2D eigenvalue weighted by atomic mass is 14.2. The van der Waals surface area contributed by atoms with Gasteiger partial charge in [-0.05, 0) is 51.6 Å². The van der Waals surface area contributed by atoms with Crippen LogP contribution in [0, 0.1) is 6.07 Å². The van der Waals surface area contributed by atoms with Crippen molar-refractivity contribution >= 4 is 10.8 Å². The van der Waals surface area contributed by atoms with Gasteiger partial charge in [0.2, 0.25) is 0 Å². The molecule has 0 heteroatoms. The van der Waals surface area contributed by atoms with E-state index < -0.39 is 0 Å². The number of hydrogen-bond donors (Lipinski definition) is 0. The van der Waals surface area contributed by atoms with Crippen LogP contribution in [0.5, 0.6) is 0 Å². The molecule has 0 saturated heterocycles. The van der Waals surface area contributed by atoms with Gasteiger partial charge >= 0.3 is 0 Å². The fourth-order valence-electron chi connectivity index (χ4n) is 2.74. The van der Waals surface area contributed by atoms with E-state index in [0.29, 0.717) is 0 Å². The van der Waals surface area contributed by atoms with Crippen molar-refractivity contribution in [1.29, 1.82) is 0 Å².